The lowest BCUT2D eigenvalue weighted by molar-refractivity contribution is 0.247. The molecule has 0 amide bonds. The van der Waals surface area contributed by atoms with E-state index in [0.717, 1.165) is 24.0 Å². The number of nitrogens with zero attached hydrogens (tertiary/aromatic N) is 5. The van der Waals surface area contributed by atoms with E-state index in [1.807, 2.05) is 26.0 Å². The smallest absolute Gasteiger partial charge is 0.243 e. The number of sulfonamides is 1. The third-order valence-corrected chi connectivity index (χ3v) is 7.17. The van der Waals surface area contributed by atoms with E-state index in [9.17, 15) is 8.42 Å². The molecule has 1 aliphatic heterocycles. The van der Waals surface area contributed by atoms with Crippen LogP contribution in [-0.2, 0) is 16.4 Å². The summed E-state index contributed by atoms with van der Waals surface area (Å²) in [5.74, 6) is 1.00. The lowest BCUT2D eigenvalue weighted by atomic mass is 9.96. The maximum atomic E-state index is 13.2. The number of rotatable bonds is 5. The molecule has 1 aromatic carbocycles. The molecule has 2 aromatic heterocycles. The predicted octanol–water partition coefficient (Wildman–Crippen LogP) is 2.79. The third-order valence-electron chi connectivity index (χ3n) is 5.17. The Kier molecular flexibility index (Phi) is 5.42. The molecule has 152 valence electrons. The second-order valence-corrected chi connectivity index (χ2v) is 9.35. The molecule has 1 unspecified atom stereocenters. The van der Waals surface area contributed by atoms with Gasteiger partial charge in [-0.3, -0.25) is 4.98 Å². The zero-order chi connectivity index (χ0) is 20.4. The Morgan fingerprint density at radius 2 is 2.10 bits per heavy atom. The minimum absolute atomic E-state index is 0.124. The van der Waals surface area contributed by atoms with E-state index in [-0.39, 0.29) is 5.92 Å². The van der Waals surface area contributed by atoms with Gasteiger partial charge in [0.15, 0.2) is 0 Å². The Morgan fingerprint density at radius 3 is 2.90 bits per heavy atom. The zero-order valence-electron chi connectivity index (χ0n) is 16.4. The third kappa shape index (κ3) is 4.20. The van der Waals surface area contributed by atoms with E-state index in [1.165, 1.54) is 0 Å². The second kappa shape index (κ2) is 8.00. The molecule has 9 heteroatoms. The Hall–Kier alpha value is -2.65. The zero-order valence-corrected chi connectivity index (χ0v) is 17.3. The van der Waals surface area contributed by atoms with E-state index in [4.69, 9.17) is 4.52 Å². The molecule has 3 aromatic rings. The van der Waals surface area contributed by atoms with Crippen molar-refractivity contribution in [1.82, 2.24) is 24.4 Å². The van der Waals surface area contributed by atoms with Crippen LogP contribution in [0.5, 0.6) is 0 Å². The van der Waals surface area contributed by atoms with E-state index < -0.39 is 10.0 Å². The number of piperidine rings is 1. The van der Waals surface area contributed by atoms with Crippen molar-refractivity contribution in [2.24, 2.45) is 5.92 Å². The summed E-state index contributed by atoms with van der Waals surface area (Å²) in [7, 11) is -3.53. The molecular formula is C20H23N5O3S. The van der Waals surface area contributed by atoms with Crippen molar-refractivity contribution >= 4 is 10.0 Å². The van der Waals surface area contributed by atoms with Crippen molar-refractivity contribution in [1.29, 1.82) is 0 Å². The van der Waals surface area contributed by atoms with Gasteiger partial charge in [-0.25, -0.2) is 13.4 Å². The molecule has 3 heterocycles. The van der Waals surface area contributed by atoms with Gasteiger partial charge in [0.2, 0.25) is 21.7 Å². The average Bonchev–Trinajstić information content (AvgIpc) is 3.19. The van der Waals surface area contributed by atoms with Gasteiger partial charge >= 0.3 is 0 Å². The molecule has 1 fully saturated rings. The SMILES string of the molecule is Cc1ccc(C)c(S(=O)(=O)N2CCCC(Cc3nc(-c4cnccn4)no3)C2)c1. The summed E-state index contributed by atoms with van der Waals surface area (Å²) in [4.78, 5) is 13.0. The maximum absolute atomic E-state index is 13.2. The van der Waals surface area contributed by atoms with Gasteiger partial charge in [0.1, 0.15) is 5.69 Å². The molecule has 29 heavy (non-hydrogen) atoms. The number of aromatic nitrogens is 4. The summed E-state index contributed by atoms with van der Waals surface area (Å²) in [5, 5.41) is 3.97. The minimum Gasteiger partial charge on any atom is -0.339 e. The first kappa shape index (κ1) is 19.7. The van der Waals surface area contributed by atoms with Crippen molar-refractivity contribution in [3.05, 3.63) is 53.8 Å². The van der Waals surface area contributed by atoms with Gasteiger partial charge in [-0.2, -0.15) is 9.29 Å². The summed E-state index contributed by atoms with van der Waals surface area (Å²) in [6, 6.07) is 5.53. The Morgan fingerprint density at radius 1 is 1.24 bits per heavy atom. The highest BCUT2D eigenvalue weighted by atomic mass is 32.2. The summed E-state index contributed by atoms with van der Waals surface area (Å²) < 4.78 is 33.4. The van der Waals surface area contributed by atoms with Crippen LogP contribution in [-0.4, -0.2) is 45.9 Å². The van der Waals surface area contributed by atoms with Gasteiger partial charge in [-0.15, -0.1) is 0 Å². The van der Waals surface area contributed by atoms with E-state index in [0.29, 0.717) is 41.8 Å². The predicted molar refractivity (Wildman–Crippen MR) is 106 cm³/mol. The number of aryl methyl sites for hydroxylation is 2. The van der Waals surface area contributed by atoms with Crippen molar-refractivity contribution < 1.29 is 12.9 Å². The molecule has 0 saturated carbocycles. The van der Waals surface area contributed by atoms with E-state index in [1.54, 1.807) is 29.0 Å². The molecule has 0 N–H and O–H groups in total. The van der Waals surface area contributed by atoms with Crippen LogP contribution >= 0.6 is 0 Å². The molecular weight excluding hydrogens is 390 g/mol. The standard InChI is InChI=1S/C20H23N5O3S/c1-14-5-6-15(2)18(10-14)29(26,27)25-9-3-4-16(13-25)11-19-23-20(24-28-19)17-12-21-7-8-22-17/h5-8,10,12,16H,3-4,9,11,13H2,1-2H3. The first-order valence-electron chi connectivity index (χ1n) is 9.60. The topological polar surface area (TPSA) is 102 Å². The van der Waals surface area contributed by atoms with Crippen molar-refractivity contribution in [3.8, 4) is 11.5 Å². The van der Waals surface area contributed by atoms with Gasteiger partial charge in [-0.1, -0.05) is 17.3 Å². The molecule has 1 aliphatic rings. The molecule has 0 aliphatic carbocycles. The van der Waals surface area contributed by atoms with Gasteiger partial charge in [0.05, 0.1) is 11.1 Å². The van der Waals surface area contributed by atoms with Gasteiger partial charge in [0, 0.05) is 31.9 Å². The number of hydrogen-bond donors (Lipinski definition) is 0. The minimum atomic E-state index is -3.53. The average molecular weight is 414 g/mol. The highest BCUT2D eigenvalue weighted by molar-refractivity contribution is 7.89. The largest absolute Gasteiger partial charge is 0.339 e. The van der Waals surface area contributed by atoms with Crippen molar-refractivity contribution in [3.63, 3.8) is 0 Å². The first-order valence-corrected chi connectivity index (χ1v) is 11.0. The Bertz CT molecular complexity index is 1100. The van der Waals surface area contributed by atoms with Crippen LogP contribution < -0.4 is 0 Å². The summed E-state index contributed by atoms with van der Waals surface area (Å²) in [6.07, 6.45) is 6.99. The molecule has 0 bridgehead atoms. The fraction of sp³-hybridized carbons (Fsp3) is 0.400. The monoisotopic (exact) mass is 413 g/mol. The molecule has 8 nitrogen and oxygen atoms in total. The fourth-order valence-corrected chi connectivity index (χ4v) is 5.50. The van der Waals surface area contributed by atoms with Crippen LogP contribution in [0.2, 0.25) is 0 Å². The maximum Gasteiger partial charge on any atom is 0.243 e. The Balaban J connectivity index is 1.49. The van der Waals surface area contributed by atoms with Crippen LogP contribution in [0.25, 0.3) is 11.5 Å². The quantitative estimate of drug-likeness (QED) is 0.634. The van der Waals surface area contributed by atoms with Crippen LogP contribution in [0.3, 0.4) is 0 Å². The summed E-state index contributed by atoms with van der Waals surface area (Å²) in [5.41, 5.74) is 2.25. The van der Waals surface area contributed by atoms with Crippen LogP contribution in [0.1, 0.15) is 29.9 Å². The molecule has 0 spiro atoms. The summed E-state index contributed by atoms with van der Waals surface area (Å²) in [6.45, 7) is 4.71. The molecule has 1 saturated heterocycles. The highest BCUT2D eigenvalue weighted by Crippen LogP contribution is 2.28. The molecule has 4 rings (SSSR count). The van der Waals surface area contributed by atoms with Crippen molar-refractivity contribution in [2.45, 2.75) is 38.0 Å². The summed E-state index contributed by atoms with van der Waals surface area (Å²) >= 11 is 0. The fourth-order valence-electron chi connectivity index (χ4n) is 3.64. The number of benzene rings is 1. The van der Waals surface area contributed by atoms with Crippen LogP contribution in [0, 0.1) is 19.8 Å². The molecule has 1 atom stereocenters. The van der Waals surface area contributed by atoms with Gasteiger partial charge in [-0.05, 0) is 49.8 Å². The van der Waals surface area contributed by atoms with Gasteiger partial charge in [0.25, 0.3) is 0 Å². The highest BCUT2D eigenvalue weighted by Gasteiger charge is 2.32. The molecule has 0 radical (unpaired) electrons. The Labute approximate surface area is 170 Å². The first-order chi connectivity index (χ1) is 13.9. The number of hydrogen-bond acceptors (Lipinski definition) is 7. The van der Waals surface area contributed by atoms with Gasteiger partial charge < -0.3 is 4.52 Å². The van der Waals surface area contributed by atoms with Crippen molar-refractivity contribution in [2.75, 3.05) is 13.1 Å². The second-order valence-electron chi connectivity index (χ2n) is 7.45. The van der Waals surface area contributed by atoms with E-state index in [2.05, 4.69) is 20.1 Å². The van der Waals surface area contributed by atoms with Crippen LogP contribution in [0.15, 0.2) is 46.2 Å². The van der Waals surface area contributed by atoms with E-state index >= 15 is 0 Å². The normalized spacial score (nSPS) is 18.1. The lowest BCUT2D eigenvalue weighted by Crippen LogP contribution is -2.40. The van der Waals surface area contributed by atoms with Crippen LogP contribution in [0.4, 0.5) is 0 Å². The lowest BCUT2D eigenvalue weighted by Gasteiger charge is -2.31.